The van der Waals surface area contributed by atoms with Gasteiger partial charge in [0.05, 0.1) is 5.25 Å². The zero-order valence-corrected chi connectivity index (χ0v) is 10.3. The smallest absolute Gasteiger partial charge is 0.235 e. The van der Waals surface area contributed by atoms with Gasteiger partial charge in [-0.05, 0) is 38.4 Å². The molecule has 1 aliphatic heterocycles. The maximum Gasteiger partial charge on any atom is 0.235 e. The molecule has 1 saturated heterocycles. The summed E-state index contributed by atoms with van der Waals surface area (Å²) in [7, 11) is 0. The standard InChI is InChI=1S/C11H21NO2S/c1-10(15-9-5-8-13)11(14)12-6-3-2-4-7-12/h10,13H,2-9H2,1H3. The molecule has 1 fully saturated rings. The van der Waals surface area contributed by atoms with Crippen LogP contribution in [0.5, 0.6) is 0 Å². The van der Waals surface area contributed by atoms with Crippen LogP contribution in [-0.2, 0) is 4.79 Å². The Balaban J connectivity index is 2.24. The molecule has 1 heterocycles. The predicted molar refractivity (Wildman–Crippen MR) is 64.1 cm³/mol. The van der Waals surface area contributed by atoms with Crippen molar-refractivity contribution in [1.29, 1.82) is 0 Å². The molecule has 4 heteroatoms. The first kappa shape index (κ1) is 12.8. The van der Waals surface area contributed by atoms with Gasteiger partial charge in [-0.25, -0.2) is 0 Å². The van der Waals surface area contributed by atoms with Crippen molar-refractivity contribution in [3.63, 3.8) is 0 Å². The van der Waals surface area contributed by atoms with Gasteiger partial charge in [-0.2, -0.15) is 0 Å². The van der Waals surface area contributed by atoms with Crippen LogP contribution in [0.25, 0.3) is 0 Å². The molecular weight excluding hydrogens is 210 g/mol. The maximum absolute atomic E-state index is 11.9. The van der Waals surface area contributed by atoms with Gasteiger partial charge < -0.3 is 10.0 Å². The molecule has 1 aliphatic rings. The Kier molecular flexibility index (Phi) is 6.10. The van der Waals surface area contributed by atoms with Gasteiger partial charge in [0.1, 0.15) is 0 Å². The van der Waals surface area contributed by atoms with Crippen LogP contribution in [0.4, 0.5) is 0 Å². The highest BCUT2D eigenvalue weighted by Crippen LogP contribution is 2.17. The van der Waals surface area contributed by atoms with E-state index in [1.807, 2.05) is 11.8 Å². The second kappa shape index (κ2) is 7.12. The zero-order valence-electron chi connectivity index (χ0n) is 9.45. The van der Waals surface area contributed by atoms with E-state index in [9.17, 15) is 4.79 Å². The van der Waals surface area contributed by atoms with Gasteiger partial charge in [0.2, 0.25) is 5.91 Å². The van der Waals surface area contributed by atoms with E-state index in [0.717, 1.165) is 38.1 Å². The van der Waals surface area contributed by atoms with Gasteiger partial charge in [0, 0.05) is 19.7 Å². The average Bonchev–Trinajstić information content (AvgIpc) is 2.29. The van der Waals surface area contributed by atoms with E-state index in [1.165, 1.54) is 6.42 Å². The number of piperidine rings is 1. The highest BCUT2D eigenvalue weighted by Gasteiger charge is 2.21. The van der Waals surface area contributed by atoms with E-state index in [1.54, 1.807) is 11.8 Å². The Morgan fingerprint density at radius 3 is 2.67 bits per heavy atom. The van der Waals surface area contributed by atoms with Gasteiger partial charge in [0.25, 0.3) is 0 Å². The molecule has 0 aliphatic carbocycles. The largest absolute Gasteiger partial charge is 0.396 e. The zero-order chi connectivity index (χ0) is 11.1. The maximum atomic E-state index is 11.9. The molecule has 0 aromatic rings. The minimum Gasteiger partial charge on any atom is -0.396 e. The third-order valence-corrected chi connectivity index (χ3v) is 3.91. The van der Waals surface area contributed by atoms with Crippen molar-refractivity contribution < 1.29 is 9.90 Å². The summed E-state index contributed by atoms with van der Waals surface area (Å²) >= 11 is 1.65. The fraction of sp³-hybridized carbons (Fsp3) is 0.909. The van der Waals surface area contributed by atoms with Crippen molar-refractivity contribution >= 4 is 17.7 Å². The summed E-state index contributed by atoms with van der Waals surface area (Å²) in [6, 6.07) is 0. The molecule has 0 saturated carbocycles. The van der Waals surface area contributed by atoms with Crippen molar-refractivity contribution in [3.05, 3.63) is 0 Å². The number of aliphatic hydroxyl groups is 1. The molecule has 1 amide bonds. The minimum atomic E-state index is 0.0506. The molecule has 0 aromatic heterocycles. The monoisotopic (exact) mass is 231 g/mol. The number of amides is 1. The first-order valence-electron chi connectivity index (χ1n) is 5.77. The lowest BCUT2D eigenvalue weighted by molar-refractivity contribution is -0.131. The van der Waals surface area contributed by atoms with Gasteiger partial charge in [0.15, 0.2) is 0 Å². The molecule has 1 unspecified atom stereocenters. The van der Waals surface area contributed by atoms with E-state index in [4.69, 9.17) is 5.11 Å². The minimum absolute atomic E-state index is 0.0506. The van der Waals surface area contributed by atoms with E-state index >= 15 is 0 Å². The predicted octanol–water partition coefficient (Wildman–Crippen LogP) is 1.50. The molecule has 1 rings (SSSR count). The number of aliphatic hydroxyl groups excluding tert-OH is 1. The lowest BCUT2D eigenvalue weighted by atomic mass is 10.1. The van der Waals surface area contributed by atoms with Gasteiger partial charge in [-0.15, -0.1) is 11.8 Å². The second-order valence-corrected chi connectivity index (χ2v) is 5.42. The fourth-order valence-electron chi connectivity index (χ4n) is 1.77. The number of carbonyl (C=O) groups is 1. The number of hydrogen-bond donors (Lipinski definition) is 1. The molecule has 1 atom stereocenters. The Bertz CT molecular complexity index is 193. The molecule has 1 N–H and O–H groups in total. The summed E-state index contributed by atoms with van der Waals surface area (Å²) in [5, 5.41) is 8.71. The number of hydrogen-bond acceptors (Lipinski definition) is 3. The summed E-state index contributed by atoms with van der Waals surface area (Å²) in [5.41, 5.74) is 0. The summed E-state index contributed by atoms with van der Waals surface area (Å²) in [6.07, 6.45) is 4.34. The van der Waals surface area contributed by atoms with Crippen LogP contribution in [-0.4, -0.2) is 46.6 Å². The molecule has 3 nitrogen and oxygen atoms in total. The Labute approximate surface area is 96.2 Å². The van der Waals surface area contributed by atoms with E-state index < -0.39 is 0 Å². The lowest BCUT2D eigenvalue weighted by Crippen LogP contribution is -2.40. The normalized spacial score (nSPS) is 18.9. The van der Waals surface area contributed by atoms with E-state index in [2.05, 4.69) is 0 Å². The van der Waals surface area contributed by atoms with Crippen molar-refractivity contribution in [2.45, 2.75) is 37.9 Å². The van der Waals surface area contributed by atoms with Crippen molar-refractivity contribution in [2.24, 2.45) is 0 Å². The molecule has 0 aromatic carbocycles. The van der Waals surface area contributed by atoms with Gasteiger partial charge >= 0.3 is 0 Å². The third kappa shape index (κ3) is 4.43. The topological polar surface area (TPSA) is 40.5 Å². The molecule has 0 bridgehead atoms. The average molecular weight is 231 g/mol. The summed E-state index contributed by atoms with van der Waals surface area (Å²) in [5.74, 6) is 1.15. The first-order chi connectivity index (χ1) is 7.25. The van der Waals surface area contributed by atoms with Crippen molar-refractivity contribution in [1.82, 2.24) is 4.90 Å². The molecule has 88 valence electrons. The van der Waals surface area contributed by atoms with E-state index in [-0.39, 0.29) is 17.8 Å². The highest BCUT2D eigenvalue weighted by molar-refractivity contribution is 8.00. The van der Waals surface area contributed by atoms with Crippen LogP contribution in [0, 0.1) is 0 Å². The Morgan fingerprint density at radius 1 is 1.40 bits per heavy atom. The highest BCUT2D eigenvalue weighted by atomic mass is 32.2. The van der Waals surface area contributed by atoms with Crippen LogP contribution in [0.1, 0.15) is 32.6 Å². The number of likely N-dealkylation sites (tertiary alicyclic amines) is 1. The van der Waals surface area contributed by atoms with Crippen LogP contribution < -0.4 is 0 Å². The third-order valence-electron chi connectivity index (χ3n) is 2.69. The number of thioether (sulfide) groups is 1. The van der Waals surface area contributed by atoms with Gasteiger partial charge in [-0.1, -0.05) is 0 Å². The quantitative estimate of drug-likeness (QED) is 0.729. The van der Waals surface area contributed by atoms with Gasteiger partial charge in [-0.3, -0.25) is 4.79 Å². The van der Waals surface area contributed by atoms with Crippen LogP contribution >= 0.6 is 11.8 Å². The van der Waals surface area contributed by atoms with Crippen LogP contribution in [0.15, 0.2) is 0 Å². The lowest BCUT2D eigenvalue weighted by Gasteiger charge is -2.29. The molecule has 0 spiro atoms. The summed E-state index contributed by atoms with van der Waals surface area (Å²) in [4.78, 5) is 13.9. The summed E-state index contributed by atoms with van der Waals surface area (Å²) in [6.45, 7) is 4.06. The Hall–Kier alpha value is -0.220. The van der Waals surface area contributed by atoms with Crippen molar-refractivity contribution in [3.8, 4) is 0 Å². The van der Waals surface area contributed by atoms with Crippen molar-refractivity contribution in [2.75, 3.05) is 25.4 Å². The number of carbonyl (C=O) groups excluding carboxylic acids is 1. The second-order valence-electron chi connectivity index (χ2n) is 3.98. The molecule has 15 heavy (non-hydrogen) atoms. The Morgan fingerprint density at radius 2 is 2.07 bits per heavy atom. The van der Waals surface area contributed by atoms with E-state index in [0.29, 0.717) is 0 Å². The number of rotatable bonds is 5. The van der Waals surface area contributed by atoms with Crippen LogP contribution in [0.3, 0.4) is 0 Å². The first-order valence-corrected chi connectivity index (χ1v) is 6.82. The molecule has 0 radical (unpaired) electrons. The summed E-state index contributed by atoms with van der Waals surface area (Å²) < 4.78 is 0. The molecular formula is C11H21NO2S. The SMILES string of the molecule is CC(SCCCO)C(=O)N1CCCCC1. The number of nitrogens with zero attached hydrogens (tertiary/aromatic N) is 1. The fourth-order valence-corrected chi connectivity index (χ4v) is 2.71. The van der Waals surface area contributed by atoms with Crippen LogP contribution in [0.2, 0.25) is 0 Å².